The number of hydrogen-bond donors (Lipinski definition) is 3. The van der Waals surface area contributed by atoms with Crippen molar-refractivity contribution in [3.05, 3.63) is 71.3 Å². The average molecular weight is 391 g/mol. The van der Waals surface area contributed by atoms with Crippen LogP contribution in [0, 0.1) is 0 Å². The van der Waals surface area contributed by atoms with Crippen LogP contribution < -0.4 is 0 Å². The van der Waals surface area contributed by atoms with Crippen molar-refractivity contribution >= 4 is 46.4 Å². The maximum absolute atomic E-state index is 6.56. The van der Waals surface area contributed by atoms with E-state index in [0.717, 1.165) is 44.8 Å². The molecule has 2 aliphatic rings. The molecule has 0 radical (unpaired) electrons. The summed E-state index contributed by atoms with van der Waals surface area (Å²) in [5.74, 6) is 0. The van der Waals surface area contributed by atoms with Gasteiger partial charge in [0.2, 0.25) is 0 Å². The summed E-state index contributed by atoms with van der Waals surface area (Å²) in [6.07, 6.45) is 8.09. The molecule has 6 heteroatoms. The zero-order valence-electron chi connectivity index (χ0n) is 13.6. The Morgan fingerprint density at radius 1 is 0.538 bits per heavy atom. The summed E-state index contributed by atoms with van der Waals surface area (Å²) in [6, 6.07) is 16.4. The molecule has 0 unspecified atom stereocenters. The first kappa shape index (κ1) is 16.5. The first-order valence-electron chi connectivity index (χ1n) is 7.98. The van der Waals surface area contributed by atoms with Gasteiger partial charge in [0.1, 0.15) is 0 Å². The van der Waals surface area contributed by atoms with E-state index in [0.29, 0.717) is 0 Å². The molecule has 132 valence electrons. The molecule has 8 bridgehead atoms. The second kappa shape index (κ2) is 7.14. The molecule has 5 rings (SSSR count). The van der Waals surface area contributed by atoms with Gasteiger partial charge in [0.15, 0.2) is 0 Å². The summed E-state index contributed by atoms with van der Waals surface area (Å²) < 4.78 is 6.56. The molecule has 0 spiro atoms. The van der Waals surface area contributed by atoms with Gasteiger partial charge in [-0.15, -0.1) is 0 Å². The summed E-state index contributed by atoms with van der Waals surface area (Å²) in [5.41, 5.74) is 7.86. The molecule has 3 aromatic rings. The number of nitrogens with one attached hydrogen (secondary N) is 2. The normalized spacial score (nSPS) is 12.0. The van der Waals surface area contributed by atoms with Crippen molar-refractivity contribution < 1.29 is 20.5 Å². The Labute approximate surface area is 158 Å². The maximum atomic E-state index is 6.56. The zero-order chi connectivity index (χ0) is 17.9. The molecule has 5 nitrogen and oxygen atoms in total. The molecular weight excluding hydrogens is 376 g/mol. The third-order valence-corrected chi connectivity index (χ3v) is 4.04. The van der Waals surface area contributed by atoms with Crippen molar-refractivity contribution in [2.45, 2.75) is 0 Å². The number of aromatic amines is 2. The van der Waals surface area contributed by atoms with Crippen LogP contribution in [-0.2, 0) is 16.3 Å². The Balaban J connectivity index is 0.000000814. The molecule has 0 aromatic carbocycles. The van der Waals surface area contributed by atoms with Crippen molar-refractivity contribution in [3.8, 4) is 0 Å². The third-order valence-electron chi connectivity index (χ3n) is 4.04. The van der Waals surface area contributed by atoms with Gasteiger partial charge in [0.25, 0.3) is 0 Å². The molecule has 0 aliphatic carbocycles. The molecule has 0 atom stereocenters. The van der Waals surface area contributed by atoms with Crippen LogP contribution in [0.2, 0.25) is 0 Å². The fourth-order valence-electron chi connectivity index (χ4n) is 2.94. The fraction of sp³-hybridized carbons (Fsp3) is 0. The predicted octanol–water partition coefficient (Wildman–Crippen LogP) is 4.10. The summed E-state index contributed by atoms with van der Waals surface area (Å²) in [5, 5.41) is 0. The summed E-state index contributed by atoms with van der Waals surface area (Å²) in [4.78, 5) is 16.0. The van der Waals surface area contributed by atoms with Gasteiger partial charge in [-0.05, 0) is 72.8 Å². The van der Waals surface area contributed by atoms with Gasteiger partial charge >= 0.3 is 20.5 Å². The molecule has 26 heavy (non-hydrogen) atoms. The van der Waals surface area contributed by atoms with Gasteiger partial charge in [0.05, 0.1) is 22.8 Å². The molecule has 3 aromatic heterocycles. The van der Waals surface area contributed by atoms with E-state index in [-0.39, 0.29) is 0 Å². The van der Waals surface area contributed by atoms with E-state index in [4.69, 9.17) is 4.19 Å². The Morgan fingerprint density at radius 2 is 0.808 bits per heavy atom. The quantitative estimate of drug-likeness (QED) is 0.348. The molecule has 0 amide bonds. The van der Waals surface area contributed by atoms with Crippen molar-refractivity contribution in [2.75, 3.05) is 0 Å². The van der Waals surface area contributed by atoms with Crippen LogP contribution in [0.5, 0.6) is 0 Å². The molecule has 2 aliphatic heterocycles. The van der Waals surface area contributed by atoms with E-state index in [1.165, 1.54) is 0 Å². The van der Waals surface area contributed by atoms with E-state index >= 15 is 0 Å². The van der Waals surface area contributed by atoms with Gasteiger partial charge in [-0.25, -0.2) is 9.97 Å². The first-order chi connectivity index (χ1) is 12.8. The van der Waals surface area contributed by atoms with Crippen LogP contribution in [0.1, 0.15) is 22.8 Å². The Hall–Kier alpha value is -2.92. The second-order valence-corrected chi connectivity index (χ2v) is 5.91. The van der Waals surface area contributed by atoms with E-state index in [1.807, 2.05) is 48.6 Å². The van der Waals surface area contributed by atoms with Crippen LogP contribution in [0.3, 0.4) is 0 Å². The minimum absolute atomic E-state index is 0.939. The fourth-order valence-corrected chi connectivity index (χ4v) is 2.94. The van der Waals surface area contributed by atoms with Gasteiger partial charge in [-0.3, -0.25) is 0 Å². The van der Waals surface area contributed by atoms with Crippen LogP contribution in [0.4, 0.5) is 0 Å². The van der Waals surface area contributed by atoms with Crippen molar-refractivity contribution in [1.29, 1.82) is 0 Å². The van der Waals surface area contributed by atoms with Crippen LogP contribution in [0.15, 0.2) is 48.5 Å². The average Bonchev–Trinajstić information content (AvgIpc) is 3.42. The second-order valence-electron chi connectivity index (χ2n) is 5.91. The molecule has 3 N–H and O–H groups in total. The molecule has 5 heterocycles. The monoisotopic (exact) mass is 390 g/mol. The standard InChI is InChI=1S/C20H14N4.Cu.H2O/c1-2-14-10-16-5-6-18(23-16)12-20-8-7-19(24-20)11-17-4-3-15(22-17)9-13(1)21-14;;/h1-12,21,24H;;1H2/q;+1;/p-1. The SMILES string of the molecule is C1=Cc2cc3ccc(cc4nc(cc5ccc(cc1n2)[nH]5)C=C4)[nH]3.[OH][Cu]. The van der Waals surface area contributed by atoms with E-state index in [1.54, 1.807) is 0 Å². The van der Waals surface area contributed by atoms with Crippen molar-refractivity contribution in [2.24, 2.45) is 0 Å². The van der Waals surface area contributed by atoms with Crippen molar-refractivity contribution in [1.82, 2.24) is 19.9 Å². The summed E-state index contributed by atoms with van der Waals surface area (Å²) >= 11 is 3.19. The van der Waals surface area contributed by atoms with Crippen LogP contribution in [0.25, 0.3) is 46.4 Å². The molecule has 0 saturated heterocycles. The number of rotatable bonds is 0. The summed E-state index contributed by atoms with van der Waals surface area (Å²) in [7, 11) is 0. The zero-order valence-corrected chi connectivity index (χ0v) is 14.5. The number of H-pyrrole nitrogens is 2. The van der Waals surface area contributed by atoms with Gasteiger partial charge in [-0.1, -0.05) is 0 Å². The van der Waals surface area contributed by atoms with Gasteiger partial charge < -0.3 is 9.97 Å². The first-order valence-corrected chi connectivity index (χ1v) is 8.40. The third kappa shape index (κ3) is 3.53. The Bertz CT molecular complexity index is 996. The van der Waals surface area contributed by atoms with Gasteiger partial charge in [-0.2, -0.15) is 0 Å². The number of hydrogen-bond acceptors (Lipinski definition) is 3. The summed E-state index contributed by atoms with van der Waals surface area (Å²) in [6.45, 7) is 0. The van der Waals surface area contributed by atoms with Crippen LogP contribution >= 0.6 is 0 Å². The topological polar surface area (TPSA) is 77.6 Å². The van der Waals surface area contributed by atoms with E-state index < -0.39 is 0 Å². The Kier molecular flexibility index (Phi) is 4.54. The molecular formula is C20H15CuN4O. The van der Waals surface area contributed by atoms with Crippen molar-refractivity contribution in [3.63, 3.8) is 0 Å². The van der Waals surface area contributed by atoms with E-state index in [2.05, 4.69) is 60.5 Å². The van der Waals surface area contributed by atoms with E-state index in [9.17, 15) is 0 Å². The van der Waals surface area contributed by atoms with Gasteiger partial charge in [0, 0.05) is 22.1 Å². The Morgan fingerprint density at radius 3 is 1.08 bits per heavy atom. The molecule has 0 fully saturated rings. The van der Waals surface area contributed by atoms with Crippen LogP contribution in [-0.4, -0.2) is 24.1 Å². The number of aromatic nitrogens is 4. The molecule has 0 saturated carbocycles. The predicted molar refractivity (Wildman–Crippen MR) is 101 cm³/mol. The number of nitrogens with zero attached hydrogens (tertiary/aromatic N) is 2. The minimum atomic E-state index is 0.939. The number of fused-ring (bicyclic) bond motifs is 8.